The Morgan fingerprint density at radius 2 is 1.81 bits per heavy atom. The van der Waals surface area contributed by atoms with Crippen molar-refractivity contribution in [1.82, 2.24) is 5.32 Å². The molecule has 3 rings (SSSR count). The number of anilines is 1. The molecule has 0 aliphatic carbocycles. The van der Waals surface area contributed by atoms with E-state index in [-0.39, 0.29) is 40.0 Å². The monoisotopic (exact) mass is 477 g/mol. The van der Waals surface area contributed by atoms with E-state index in [1.165, 1.54) is 42.5 Å². The van der Waals surface area contributed by atoms with E-state index in [9.17, 15) is 24.3 Å². The van der Waals surface area contributed by atoms with E-state index in [1.807, 2.05) is 0 Å². The van der Waals surface area contributed by atoms with E-state index in [2.05, 4.69) is 5.32 Å². The summed E-state index contributed by atoms with van der Waals surface area (Å²) in [4.78, 5) is 49.1. The van der Waals surface area contributed by atoms with Crippen LogP contribution in [0.2, 0.25) is 10.0 Å². The number of nitrogens with zero attached hydrogens (tertiary/aromatic N) is 1. The van der Waals surface area contributed by atoms with Gasteiger partial charge >= 0.3 is 6.03 Å². The Kier molecular flexibility index (Phi) is 7.01. The molecule has 166 valence electrons. The smallest absolute Gasteiger partial charge is 0.335 e. The zero-order valence-corrected chi connectivity index (χ0v) is 18.0. The molecule has 0 bridgehead atoms. The van der Waals surface area contributed by atoms with E-state index in [0.29, 0.717) is 5.02 Å². The molecule has 1 aliphatic rings. The number of carbonyl (C=O) groups is 4. The van der Waals surface area contributed by atoms with Crippen LogP contribution in [0.25, 0.3) is 6.08 Å². The average Bonchev–Trinajstić information content (AvgIpc) is 2.72. The van der Waals surface area contributed by atoms with Crippen molar-refractivity contribution in [2.45, 2.75) is 6.92 Å². The van der Waals surface area contributed by atoms with Gasteiger partial charge < -0.3 is 19.4 Å². The predicted molar refractivity (Wildman–Crippen MR) is 114 cm³/mol. The van der Waals surface area contributed by atoms with E-state index >= 15 is 0 Å². The molecule has 32 heavy (non-hydrogen) atoms. The average molecular weight is 478 g/mol. The molecule has 2 aromatic rings. The second-order valence-corrected chi connectivity index (χ2v) is 7.20. The van der Waals surface area contributed by atoms with Crippen molar-refractivity contribution in [3.63, 3.8) is 0 Å². The van der Waals surface area contributed by atoms with Crippen LogP contribution in [0.1, 0.15) is 12.5 Å². The van der Waals surface area contributed by atoms with Crippen LogP contribution in [0, 0.1) is 0 Å². The number of amides is 4. The molecule has 0 radical (unpaired) electrons. The highest BCUT2D eigenvalue weighted by molar-refractivity contribution is 6.39. The summed E-state index contributed by atoms with van der Waals surface area (Å²) in [5.74, 6) is -3.13. The van der Waals surface area contributed by atoms with Gasteiger partial charge in [0, 0.05) is 5.02 Å². The van der Waals surface area contributed by atoms with Gasteiger partial charge in [-0.2, -0.15) is 0 Å². The maximum Gasteiger partial charge on any atom is 0.335 e. The number of nitrogens with one attached hydrogen (secondary N) is 1. The minimum Gasteiger partial charge on any atom is -0.546 e. The Morgan fingerprint density at radius 1 is 1.12 bits per heavy atom. The Bertz CT molecular complexity index is 1130. The first-order valence-corrected chi connectivity index (χ1v) is 9.93. The summed E-state index contributed by atoms with van der Waals surface area (Å²) in [7, 11) is 0. The van der Waals surface area contributed by atoms with Crippen LogP contribution in [-0.4, -0.2) is 37.0 Å². The summed E-state index contributed by atoms with van der Waals surface area (Å²) >= 11 is 12.0. The van der Waals surface area contributed by atoms with Crippen LogP contribution in [0.3, 0.4) is 0 Å². The second kappa shape index (κ2) is 9.71. The van der Waals surface area contributed by atoms with Gasteiger partial charge in [0.05, 0.1) is 23.3 Å². The number of ether oxygens (including phenoxy) is 2. The number of halogens is 2. The number of aliphatic carboxylic acids is 1. The Labute approximate surface area is 192 Å². The lowest BCUT2D eigenvalue weighted by Crippen LogP contribution is -2.54. The van der Waals surface area contributed by atoms with Crippen LogP contribution < -0.4 is 24.8 Å². The highest BCUT2D eigenvalue weighted by atomic mass is 35.5. The van der Waals surface area contributed by atoms with Gasteiger partial charge in [0.15, 0.2) is 11.5 Å². The third-order valence-corrected chi connectivity index (χ3v) is 4.70. The SMILES string of the molecule is CCOc1cc(/C=C2\C(=O)NC(=O)N(c3ccc(Cl)cc3)C2=O)cc(Cl)c1OCC(=O)[O-]. The molecular formula is C21H15Cl2N2O7-. The molecule has 0 aromatic heterocycles. The van der Waals surface area contributed by atoms with Crippen molar-refractivity contribution in [3.05, 3.63) is 57.6 Å². The molecule has 1 aliphatic heterocycles. The summed E-state index contributed by atoms with van der Waals surface area (Å²) in [6.07, 6.45) is 1.23. The summed E-state index contributed by atoms with van der Waals surface area (Å²) in [5, 5.41) is 13.2. The number of barbiturate groups is 1. The largest absolute Gasteiger partial charge is 0.546 e. The van der Waals surface area contributed by atoms with Gasteiger partial charge in [-0.3, -0.25) is 14.9 Å². The van der Waals surface area contributed by atoms with Crippen molar-refractivity contribution in [2.75, 3.05) is 18.1 Å². The number of benzene rings is 2. The molecule has 0 unspecified atom stereocenters. The van der Waals surface area contributed by atoms with Crippen LogP contribution in [0.4, 0.5) is 10.5 Å². The van der Waals surface area contributed by atoms with Crippen molar-refractivity contribution < 1.29 is 33.8 Å². The number of carbonyl (C=O) groups excluding carboxylic acids is 4. The van der Waals surface area contributed by atoms with Crippen molar-refractivity contribution >= 4 is 58.8 Å². The normalized spacial score (nSPS) is 15.0. The van der Waals surface area contributed by atoms with E-state index in [1.54, 1.807) is 6.92 Å². The third kappa shape index (κ3) is 5.01. The summed E-state index contributed by atoms with van der Waals surface area (Å²) < 4.78 is 10.6. The fourth-order valence-corrected chi connectivity index (χ4v) is 3.25. The molecule has 1 heterocycles. The van der Waals surface area contributed by atoms with Crippen LogP contribution >= 0.6 is 23.2 Å². The van der Waals surface area contributed by atoms with Crippen molar-refractivity contribution in [2.24, 2.45) is 0 Å². The van der Waals surface area contributed by atoms with Crippen molar-refractivity contribution in [1.29, 1.82) is 0 Å². The van der Waals surface area contributed by atoms with Gasteiger partial charge in [-0.1, -0.05) is 23.2 Å². The lowest BCUT2D eigenvalue weighted by Gasteiger charge is -2.26. The molecule has 2 aromatic carbocycles. The molecule has 1 fully saturated rings. The standard InChI is InChI=1S/C21H16Cl2N2O7/c1-2-31-16-9-11(8-15(23)18(16)32-10-17(26)27)7-14-19(28)24-21(30)25(20(14)29)13-5-3-12(22)4-6-13/h3-9H,2,10H2,1H3,(H,26,27)(H,24,28,30)/p-1/b14-7+. The number of hydrogen-bond donors (Lipinski definition) is 1. The first-order valence-electron chi connectivity index (χ1n) is 9.17. The number of carboxylic acid groups (broad SMARTS) is 1. The van der Waals surface area contributed by atoms with Crippen LogP contribution in [0.15, 0.2) is 42.0 Å². The molecule has 4 amide bonds. The van der Waals surface area contributed by atoms with Gasteiger partial charge in [-0.25, -0.2) is 9.69 Å². The van der Waals surface area contributed by atoms with Crippen LogP contribution in [-0.2, 0) is 14.4 Å². The van der Waals surface area contributed by atoms with E-state index < -0.39 is 30.4 Å². The van der Waals surface area contributed by atoms with E-state index in [4.69, 9.17) is 32.7 Å². The molecule has 1 N–H and O–H groups in total. The predicted octanol–water partition coefficient (Wildman–Crippen LogP) is 2.19. The number of rotatable bonds is 7. The van der Waals surface area contributed by atoms with Crippen LogP contribution in [0.5, 0.6) is 11.5 Å². The maximum atomic E-state index is 13.0. The van der Waals surface area contributed by atoms with Gasteiger partial charge in [-0.05, 0) is 55.0 Å². The molecule has 1 saturated heterocycles. The lowest BCUT2D eigenvalue weighted by molar-refractivity contribution is -0.307. The third-order valence-electron chi connectivity index (χ3n) is 4.16. The number of urea groups is 1. The number of imide groups is 2. The molecule has 0 atom stereocenters. The first-order chi connectivity index (χ1) is 15.2. The Hall–Kier alpha value is -3.56. The summed E-state index contributed by atoms with van der Waals surface area (Å²) in [6.45, 7) is 1.14. The fraction of sp³-hybridized carbons (Fsp3) is 0.143. The molecular weight excluding hydrogens is 463 g/mol. The second-order valence-electron chi connectivity index (χ2n) is 6.36. The first kappa shape index (κ1) is 23.1. The topological polar surface area (TPSA) is 125 Å². The summed E-state index contributed by atoms with van der Waals surface area (Å²) in [5.41, 5.74) is 0.166. The van der Waals surface area contributed by atoms with Gasteiger partial charge in [0.1, 0.15) is 12.2 Å². The van der Waals surface area contributed by atoms with Gasteiger partial charge in [-0.15, -0.1) is 0 Å². The molecule has 0 saturated carbocycles. The Morgan fingerprint density at radius 3 is 2.44 bits per heavy atom. The zero-order chi connectivity index (χ0) is 23.4. The number of hydrogen-bond acceptors (Lipinski definition) is 7. The lowest BCUT2D eigenvalue weighted by atomic mass is 10.1. The molecule has 11 heteroatoms. The summed E-state index contributed by atoms with van der Waals surface area (Å²) in [6, 6.07) is 7.77. The Balaban J connectivity index is 2.00. The highest BCUT2D eigenvalue weighted by Gasteiger charge is 2.36. The fourth-order valence-electron chi connectivity index (χ4n) is 2.85. The molecule has 9 nitrogen and oxygen atoms in total. The van der Waals surface area contributed by atoms with Gasteiger partial charge in [0.2, 0.25) is 0 Å². The minimum atomic E-state index is -1.45. The maximum absolute atomic E-state index is 13.0. The van der Waals surface area contributed by atoms with Crippen molar-refractivity contribution in [3.8, 4) is 11.5 Å². The quantitative estimate of drug-likeness (QED) is 0.478. The zero-order valence-electron chi connectivity index (χ0n) is 16.5. The number of carboxylic acids is 1. The van der Waals surface area contributed by atoms with Gasteiger partial charge in [0.25, 0.3) is 11.8 Å². The van der Waals surface area contributed by atoms with E-state index in [0.717, 1.165) is 4.90 Å². The highest BCUT2D eigenvalue weighted by Crippen LogP contribution is 2.37. The minimum absolute atomic E-state index is 0.0154. The molecule has 0 spiro atoms.